The smallest absolute Gasteiger partial charge is 0.410 e. The van der Waals surface area contributed by atoms with E-state index < -0.39 is 0 Å². The van der Waals surface area contributed by atoms with Gasteiger partial charge >= 0.3 is 6.09 Å². The van der Waals surface area contributed by atoms with Gasteiger partial charge in [-0.05, 0) is 18.6 Å². The number of carbonyl (C=O) groups is 1. The Morgan fingerprint density at radius 3 is 2.83 bits per heavy atom. The highest BCUT2D eigenvalue weighted by Gasteiger charge is 2.49. The number of cyclic esters (lactones) is 1. The summed E-state index contributed by atoms with van der Waals surface area (Å²) in [4.78, 5) is 20.2. The Bertz CT molecular complexity index is 758. The van der Waals surface area contributed by atoms with Gasteiger partial charge in [0.1, 0.15) is 12.3 Å². The van der Waals surface area contributed by atoms with E-state index in [1.54, 1.807) is 6.20 Å². The first kappa shape index (κ1) is 14.9. The van der Waals surface area contributed by atoms with Crippen LogP contribution in [-0.4, -0.2) is 62.5 Å². The summed E-state index contributed by atoms with van der Waals surface area (Å²) in [6, 6.07) is 3.90. The normalized spacial score (nSPS) is 23.3. The van der Waals surface area contributed by atoms with Crippen LogP contribution in [0.2, 0.25) is 0 Å². The summed E-state index contributed by atoms with van der Waals surface area (Å²) >= 11 is 0. The van der Waals surface area contributed by atoms with Crippen molar-refractivity contribution in [3.05, 3.63) is 24.5 Å². The first-order valence-corrected chi connectivity index (χ1v) is 8.14. The molecule has 126 valence electrons. The molecule has 0 aliphatic carbocycles. The van der Waals surface area contributed by atoms with Crippen molar-refractivity contribution in [2.45, 2.75) is 18.9 Å². The Hall–Kier alpha value is -2.64. The fourth-order valence-electron chi connectivity index (χ4n) is 3.49. The predicted octanol–water partition coefficient (Wildman–Crippen LogP) is 1.30. The van der Waals surface area contributed by atoms with E-state index in [0.717, 1.165) is 30.3 Å². The fourth-order valence-corrected chi connectivity index (χ4v) is 3.49. The second kappa shape index (κ2) is 5.47. The summed E-state index contributed by atoms with van der Waals surface area (Å²) < 4.78 is 7.19. The molecule has 2 aromatic heterocycles. The van der Waals surface area contributed by atoms with E-state index in [1.165, 1.54) is 0 Å². The molecule has 24 heavy (non-hydrogen) atoms. The number of aromatic nitrogens is 4. The number of rotatable bonds is 3. The van der Waals surface area contributed by atoms with Crippen LogP contribution >= 0.6 is 0 Å². The zero-order valence-electron chi connectivity index (χ0n) is 13.8. The molecular formula is C16H20N6O2. The van der Waals surface area contributed by atoms with E-state index in [4.69, 9.17) is 4.74 Å². The number of hydrogen-bond donors (Lipinski definition) is 0. The minimum atomic E-state index is -0.255. The predicted molar refractivity (Wildman–Crippen MR) is 87.5 cm³/mol. The Kier molecular flexibility index (Phi) is 3.40. The number of amides is 1. The molecule has 0 N–H and O–H groups in total. The van der Waals surface area contributed by atoms with Crippen LogP contribution in [0.15, 0.2) is 24.5 Å². The van der Waals surface area contributed by atoms with Crippen LogP contribution in [0.1, 0.15) is 13.3 Å². The molecule has 2 saturated heterocycles. The Morgan fingerprint density at radius 2 is 2.17 bits per heavy atom. The number of carbonyl (C=O) groups excluding carboxylic acids is 1. The lowest BCUT2D eigenvalue weighted by molar-refractivity contribution is 0.137. The Balaban J connectivity index is 1.57. The molecule has 0 aromatic carbocycles. The molecule has 0 saturated carbocycles. The minimum Gasteiger partial charge on any atom is -0.447 e. The average molecular weight is 328 g/mol. The largest absolute Gasteiger partial charge is 0.447 e. The molecule has 2 aliphatic heterocycles. The van der Waals surface area contributed by atoms with E-state index in [2.05, 4.69) is 27.0 Å². The highest BCUT2D eigenvalue weighted by atomic mass is 16.6. The number of fused-ring (bicyclic) bond motifs is 1. The lowest BCUT2D eigenvalue weighted by atomic mass is 9.93. The highest BCUT2D eigenvalue weighted by Crippen LogP contribution is 2.33. The molecule has 1 atom stereocenters. The first-order chi connectivity index (χ1) is 11.6. The van der Waals surface area contributed by atoms with E-state index >= 15 is 0 Å². The number of hydrogen-bond acceptors (Lipinski definition) is 6. The van der Waals surface area contributed by atoms with Crippen LogP contribution in [-0.2, 0) is 11.8 Å². The molecule has 2 fully saturated rings. The van der Waals surface area contributed by atoms with Crippen molar-refractivity contribution in [2.75, 3.05) is 31.1 Å². The number of anilines is 1. The van der Waals surface area contributed by atoms with E-state index in [9.17, 15) is 4.79 Å². The molecule has 1 amide bonds. The number of nitrogens with zero attached hydrogens (tertiary/aromatic N) is 6. The third-order valence-electron chi connectivity index (χ3n) is 5.02. The molecule has 2 aromatic rings. The van der Waals surface area contributed by atoms with Crippen LogP contribution in [0.25, 0.3) is 11.5 Å². The minimum absolute atomic E-state index is 0.201. The van der Waals surface area contributed by atoms with Gasteiger partial charge in [0.15, 0.2) is 11.6 Å². The number of ether oxygens (including phenoxy) is 1. The summed E-state index contributed by atoms with van der Waals surface area (Å²) in [6.45, 7) is 4.63. The van der Waals surface area contributed by atoms with Gasteiger partial charge in [0.05, 0.1) is 5.54 Å². The number of aryl methyl sites for hydroxylation is 1. The van der Waals surface area contributed by atoms with Crippen molar-refractivity contribution in [1.82, 2.24) is 24.6 Å². The third-order valence-corrected chi connectivity index (χ3v) is 5.02. The molecule has 0 spiro atoms. The highest BCUT2D eigenvalue weighted by molar-refractivity contribution is 5.72. The second-order valence-corrected chi connectivity index (χ2v) is 6.34. The van der Waals surface area contributed by atoms with Crippen molar-refractivity contribution >= 4 is 11.9 Å². The van der Waals surface area contributed by atoms with Crippen molar-refractivity contribution in [3.8, 4) is 11.5 Å². The monoisotopic (exact) mass is 328 g/mol. The Morgan fingerprint density at radius 1 is 1.29 bits per heavy atom. The maximum absolute atomic E-state index is 11.9. The summed E-state index contributed by atoms with van der Waals surface area (Å²) in [6.07, 6.45) is 4.28. The summed E-state index contributed by atoms with van der Waals surface area (Å²) in [7, 11) is 1.93. The summed E-state index contributed by atoms with van der Waals surface area (Å²) in [5.41, 5.74) is 0.490. The first-order valence-electron chi connectivity index (χ1n) is 8.14. The van der Waals surface area contributed by atoms with Crippen molar-refractivity contribution in [3.63, 3.8) is 0 Å². The van der Waals surface area contributed by atoms with Crippen molar-refractivity contribution < 1.29 is 9.53 Å². The van der Waals surface area contributed by atoms with Gasteiger partial charge in [0.2, 0.25) is 0 Å². The fraction of sp³-hybridized carbons (Fsp3) is 0.500. The average Bonchev–Trinajstić information content (AvgIpc) is 3.19. The van der Waals surface area contributed by atoms with E-state index in [0.29, 0.717) is 19.7 Å². The summed E-state index contributed by atoms with van der Waals surface area (Å²) in [5.74, 6) is 1.61. The van der Waals surface area contributed by atoms with Gasteiger partial charge < -0.3 is 14.2 Å². The van der Waals surface area contributed by atoms with Crippen LogP contribution in [0, 0.1) is 0 Å². The standard InChI is InChI=1S/C16H20N6O2/c1-3-16-10-21(8-9-22(16)15(23)24-11-16)13-5-4-12(18-19-13)14-17-6-7-20(14)2/h4-7H,3,8-11H2,1-2H3. The lowest BCUT2D eigenvalue weighted by Gasteiger charge is -2.44. The lowest BCUT2D eigenvalue weighted by Crippen LogP contribution is -2.61. The molecule has 1 unspecified atom stereocenters. The van der Waals surface area contributed by atoms with Gasteiger partial charge in [-0.15, -0.1) is 10.2 Å². The number of piperazine rings is 1. The molecule has 0 radical (unpaired) electrons. The van der Waals surface area contributed by atoms with Gasteiger partial charge in [-0.3, -0.25) is 4.90 Å². The quantitative estimate of drug-likeness (QED) is 0.845. The molecule has 8 heteroatoms. The molecule has 0 bridgehead atoms. The maximum atomic E-state index is 11.9. The summed E-state index contributed by atoms with van der Waals surface area (Å²) in [5, 5.41) is 8.70. The van der Waals surface area contributed by atoms with Gasteiger partial charge in [0.25, 0.3) is 0 Å². The van der Waals surface area contributed by atoms with Crippen LogP contribution < -0.4 is 4.90 Å². The zero-order valence-corrected chi connectivity index (χ0v) is 13.8. The van der Waals surface area contributed by atoms with Gasteiger partial charge in [-0.2, -0.15) is 0 Å². The van der Waals surface area contributed by atoms with Crippen LogP contribution in [0.4, 0.5) is 10.6 Å². The van der Waals surface area contributed by atoms with Crippen LogP contribution in [0.5, 0.6) is 0 Å². The van der Waals surface area contributed by atoms with E-state index in [-0.39, 0.29) is 11.6 Å². The third kappa shape index (κ3) is 2.21. The van der Waals surface area contributed by atoms with Crippen molar-refractivity contribution in [2.24, 2.45) is 7.05 Å². The van der Waals surface area contributed by atoms with E-state index in [1.807, 2.05) is 34.8 Å². The topological polar surface area (TPSA) is 76.4 Å². The van der Waals surface area contributed by atoms with Crippen molar-refractivity contribution in [1.29, 1.82) is 0 Å². The molecule has 2 aliphatic rings. The molecular weight excluding hydrogens is 308 g/mol. The molecule has 4 heterocycles. The van der Waals surface area contributed by atoms with Gasteiger partial charge in [0, 0.05) is 39.1 Å². The zero-order chi connectivity index (χ0) is 16.7. The number of imidazole rings is 1. The van der Waals surface area contributed by atoms with Crippen LogP contribution in [0.3, 0.4) is 0 Å². The molecule has 4 rings (SSSR count). The van der Waals surface area contributed by atoms with Gasteiger partial charge in [-0.25, -0.2) is 9.78 Å². The van der Waals surface area contributed by atoms with Gasteiger partial charge in [-0.1, -0.05) is 6.92 Å². The second-order valence-electron chi connectivity index (χ2n) is 6.34. The Labute approximate surface area is 140 Å². The molecule has 8 nitrogen and oxygen atoms in total. The maximum Gasteiger partial charge on any atom is 0.410 e. The SMILES string of the molecule is CCC12COC(=O)N1CCN(c1ccc(-c3nccn3C)nn1)C2.